The lowest BCUT2D eigenvalue weighted by atomic mass is 9.96. The predicted molar refractivity (Wildman–Crippen MR) is 115 cm³/mol. The summed E-state index contributed by atoms with van der Waals surface area (Å²) in [6.45, 7) is 2.58. The Hall–Kier alpha value is -3.45. The van der Waals surface area contributed by atoms with Gasteiger partial charge in [0.2, 0.25) is 15.9 Å². The number of nitrogens with one attached hydrogen (secondary N) is 1. The summed E-state index contributed by atoms with van der Waals surface area (Å²) in [5.41, 5.74) is 1.67. The topological polar surface area (TPSA) is 129 Å². The number of anilines is 1. The number of benzene rings is 1. The highest BCUT2D eigenvalue weighted by Crippen LogP contribution is 2.33. The molecule has 1 atom stereocenters. The Labute approximate surface area is 186 Å². The first-order valence-corrected chi connectivity index (χ1v) is 11.9. The number of fused-ring (bicyclic) bond motifs is 1. The summed E-state index contributed by atoms with van der Waals surface area (Å²) in [5, 5.41) is 9.52. The Morgan fingerprint density at radius 2 is 1.97 bits per heavy atom. The molecule has 0 aliphatic carbocycles. The van der Waals surface area contributed by atoms with Crippen molar-refractivity contribution in [1.29, 1.82) is 5.26 Å². The summed E-state index contributed by atoms with van der Waals surface area (Å²) in [7, 11) is -3.79. The summed E-state index contributed by atoms with van der Waals surface area (Å²) in [4.78, 5) is 30.9. The molecule has 0 saturated carbocycles. The van der Waals surface area contributed by atoms with Crippen molar-refractivity contribution in [2.75, 3.05) is 18.0 Å². The lowest BCUT2D eigenvalue weighted by molar-refractivity contribution is -0.123. The van der Waals surface area contributed by atoms with Crippen LogP contribution in [0.3, 0.4) is 0 Å². The lowest BCUT2D eigenvalue weighted by Crippen LogP contribution is -2.43. The van der Waals surface area contributed by atoms with Crippen molar-refractivity contribution in [3.8, 4) is 6.07 Å². The van der Waals surface area contributed by atoms with E-state index in [1.165, 1.54) is 6.07 Å². The van der Waals surface area contributed by atoms with Crippen LogP contribution >= 0.6 is 0 Å². The molecule has 1 N–H and O–H groups in total. The highest BCUT2D eigenvalue weighted by atomic mass is 32.2. The lowest BCUT2D eigenvalue weighted by Gasteiger charge is -2.32. The molecule has 3 heterocycles. The molecular weight excluding hydrogens is 432 g/mol. The maximum absolute atomic E-state index is 12.6. The number of amides is 1. The molecule has 1 saturated heterocycles. The number of carbonyl (C=O) groups excluding carboxylic acids is 2. The number of sulfonamides is 1. The second-order valence-corrected chi connectivity index (χ2v) is 9.65. The third-order valence-electron chi connectivity index (χ3n) is 5.66. The maximum Gasteiger partial charge on any atom is 0.340 e. The van der Waals surface area contributed by atoms with Crippen molar-refractivity contribution in [3.05, 3.63) is 58.8 Å². The number of aromatic nitrogens is 1. The van der Waals surface area contributed by atoms with Gasteiger partial charge >= 0.3 is 5.97 Å². The van der Waals surface area contributed by atoms with Crippen molar-refractivity contribution >= 4 is 27.7 Å². The predicted octanol–water partition coefficient (Wildman–Crippen LogP) is 2.05. The van der Waals surface area contributed by atoms with Crippen LogP contribution in [0.25, 0.3) is 0 Å². The van der Waals surface area contributed by atoms with Gasteiger partial charge in [-0.2, -0.15) is 5.26 Å². The standard InChI is InChI=1S/C22H22N4O5S/c1-14-19-18(22(28)31-14)11-17(12-23)20(24-19)26-9-7-16(8-10-26)21(27)25-32(29,30)13-15-5-3-2-4-6-15/h2-6,11,14,16H,7-10,13H2,1H3,(H,25,27). The van der Waals surface area contributed by atoms with Crippen LogP contribution in [0.2, 0.25) is 0 Å². The van der Waals surface area contributed by atoms with Crippen LogP contribution in [-0.4, -0.2) is 38.4 Å². The number of carbonyl (C=O) groups is 2. The minimum absolute atomic E-state index is 0.262. The molecule has 10 heteroatoms. The van der Waals surface area contributed by atoms with E-state index >= 15 is 0 Å². The SMILES string of the molecule is CC1OC(=O)c2cc(C#N)c(N3CCC(C(=O)NS(=O)(=O)Cc4ccccc4)CC3)nc21. The largest absolute Gasteiger partial charge is 0.452 e. The third kappa shape index (κ3) is 4.43. The van der Waals surface area contributed by atoms with E-state index in [1.807, 2.05) is 4.90 Å². The van der Waals surface area contributed by atoms with Gasteiger partial charge in [0.05, 0.1) is 22.6 Å². The van der Waals surface area contributed by atoms with Crippen LogP contribution in [0.15, 0.2) is 36.4 Å². The number of pyridine rings is 1. The number of cyclic esters (lactones) is 1. The average Bonchev–Trinajstić information content (AvgIpc) is 3.05. The fraction of sp³-hybridized carbons (Fsp3) is 0.364. The van der Waals surface area contributed by atoms with E-state index in [0.29, 0.717) is 48.6 Å². The van der Waals surface area contributed by atoms with E-state index in [-0.39, 0.29) is 11.3 Å². The van der Waals surface area contributed by atoms with Gasteiger partial charge in [0, 0.05) is 19.0 Å². The van der Waals surface area contributed by atoms with Gasteiger partial charge < -0.3 is 9.64 Å². The van der Waals surface area contributed by atoms with Crippen molar-refractivity contribution < 1.29 is 22.7 Å². The molecule has 1 amide bonds. The van der Waals surface area contributed by atoms with Gasteiger partial charge in [-0.1, -0.05) is 30.3 Å². The highest BCUT2D eigenvalue weighted by Gasteiger charge is 2.34. The smallest absolute Gasteiger partial charge is 0.340 e. The van der Waals surface area contributed by atoms with Crippen molar-refractivity contribution in [2.24, 2.45) is 5.92 Å². The summed E-state index contributed by atoms with van der Waals surface area (Å²) < 4.78 is 32.1. The van der Waals surface area contributed by atoms with Crippen LogP contribution in [-0.2, 0) is 25.3 Å². The highest BCUT2D eigenvalue weighted by molar-refractivity contribution is 7.89. The zero-order chi connectivity index (χ0) is 22.9. The molecular formula is C22H22N4O5S. The Morgan fingerprint density at radius 3 is 2.62 bits per heavy atom. The van der Waals surface area contributed by atoms with Gasteiger partial charge in [-0.25, -0.2) is 18.2 Å². The van der Waals surface area contributed by atoms with Crippen LogP contribution < -0.4 is 9.62 Å². The first-order valence-electron chi connectivity index (χ1n) is 10.3. The van der Waals surface area contributed by atoms with Gasteiger partial charge in [-0.15, -0.1) is 0 Å². The van der Waals surface area contributed by atoms with Crippen molar-refractivity contribution in [3.63, 3.8) is 0 Å². The molecule has 2 aliphatic heterocycles. The third-order valence-corrected chi connectivity index (χ3v) is 6.89. The molecule has 4 rings (SSSR count). The molecule has 0 spiro atoms. The Kier molecular flexibility index (Phi) is 5.84. The van der Waals surface area contributed by atoms with Crippen molar-refractivity contribution in [2.45, 2.75) is 31.6 Å². The number of nitrogens with zero attached hydrogens (tertiary/aromatic N) is 3. The van der Waals surface area contributed by atoms with Gasteiger partial charge in [-0.3, -0.25) is 9.52 Å². The molecule has 2 aliphatic rings. The number of ether oxygens (including phenoxy) is 1. The summed E-state index contributed by atoms with van der Waals surface area (Å²) in [6.07, 6.45) is 0.352. The molecule has 32 heavy (non-hydrogen) atoms. The molecule has 9 nitrogen and oxygen atoms in total. The Morgan fingerprint density at radius 1 is 1.28 bits per heavy atom. The van der Waals surface area contributed by atoms with E-state index in [0.717, 1.165) is 0 Å². The first kappa shape index (κ1) is 21.8. The number of hydrogen-bond donors (Lipinski definition) is 1. The molecule has 0 bridgehead atoms. The van der Waals surface area contributed by atoms with E-state index in [4.69, 9.17) is 4.74 Å². The number of esters is 1. The fourth-order valence-electron chi connectivity index (χ4n) is 4.01. The minimum atomic E-state index is -3.79. The zero-order valence-corrected chi connectivity index (χ0v) is 18.3. The Bertz CT molecular complexity index is 1200. The first-order chi connectivity index (χ1) is 15.3. The normalized spacial score (nSPS) is 18.6. The van der Waals surface area contributed by atoms with E-state index in [9.17, 15) is 23.3 Å². The average molecular weight is 455 g/mol. The molecule has 1 aromatic carbocycles. The van der Waals surface area contributed by atoms with E-state index in [1.54, 1.807) is 37.3 Å². The number of rotatable bonds is 5. The van der Waals surface area contributed by atoms with Crippen LogP contribution in [0.4, 0.5) is 5.82 Å². The quantitative estimate of drug-likeness (QED) is 0.680. The molecule has 1 aromatic heterocycles. The number of nitriles is 1. The Balaban J connectivity index is 1.41. The fourth-order valence-corrected chi connectivity index (χ4v) is 5.19. The maximum atomic E-state index is 12.6. The van der Waals surface area contributed by atoms with Crippen LogP contribution in [0.1, 0.15) is 53.0 Å². The molecule has 1 unspecified atom stereocenters. The van der Waals surface area contributed by atoms with Crippen LogP contribution in [0, 0.1) is 17.2 Å². The molecule has 0 radical (unpaired) electrons. The summed E-state index contributed by atoms with van der Waals surface area (Å²) >= 11 is 0. The monoisotopic (exact) mass is 454 g/mol. The summed E-state index contributed by atoms with van der Waals surface area (Å²) in [6, 6.07) is 12.2. The van der Waals surface area contributed by atoms with Crippen molar-refractivity contribution in [1.82, 2.24) is 9.71 Å². The zero-order valence-electron chi connectivity index (χ0n) is 17.4. The second kappa shape index (κ2) is 8.59. The molecule has 1 fully saturated rings. The van der Waals surface area contributed by atoms with E-state index in [2.05, 4.69) is 15.8 Å². The van der Waals surface area contributed by atoms with Crippen LogP contribution in [0.5, 0.6) is 0 Å². The molecule has 2 aromatic rings. The second-order valence-electron chi connectivity index (χ2n) is 7.92. The number of piperidine rings is 1. The summed E-state index contributed by atoms with van der Waals surface area (Å²) in [5.74, 6) is -1.28. The number of hydrogen-bond acceptors (Lipinski definition) is 8. The van der Waals surface area contributed by atoms with Gasteiger partial charge in [0.25, 0.3) is 0 Å². The minimum Gasteiger partial charge on any atom is -0.452 e. The van der Waals surface area contributed by atoms with E-state index < -0.39 is 33.9 Å². The molecule has 166 valence electrons. The van der Waals surface area contributed by atoms with Gasteiger partial charge in [0.1, 0.15) is 18.0 Å². The van der Waals surface area contributed by atoms with Gasteiger partial charge in [0.15, 0.2) is 0 Å². The van der Waals surface area contributed by atoms with Gasteiger partial charge in [-0.05, 0) is 31.4 Å².